The van der Waals surface area contributed by atoms with Crippen LogP contribution in [0, 0.1) is 6.92 Å². The first kappa shape index (κ1) is 19.9. The number of hydrogen-bond donors (Lipinski definition) is 1. The molecule has 0 aliphatic carbocycles. The third-order valence-electron chi connectivity index (χ3n) is 4.50. The summed E-state index contributed by atoms with van der Waals surface area (Å²) in [6, 6.07) is 10.3. The van der Waals surface area contributed by atoms with Crippen LogP contribution in [-0.4, -0.2) is 29.5 Å². The Labute approximate surface area is 176 Å². The number of aryl methyl sites for hydroxylation is 1. The Morgan fingerprint density at radius 2 is 1.62 bits per heavy atom. The number of nitrogens with one attached hydrogen (secondary N) is 1. The van der Waals surface area contributed by atoms with Gasteiger partial charge in [-0.05, 0) is 50.6 Å². The molecule has 0 bridgehead atoms. The fourth-order valence-electron chi connectivity index (χ4n) is 2.96. The zero-order chi connectivity index (χ0) is 20.8. The fraction of sp³-hybridized carbons (Fsp3) is 0.250. The van der Waals surface area contributed by atoms with E-state index in [-0.39, 0.29) is 17.2 Å². The minimum Gasteiger partial charge on any atom is -0.302 e. The largest absolute Gasteiger partial charge is 0.302 e. The predicted octanol–water partition coefficient (Wildman–Crippen LogP) is 4.58. The molecule has 150 valence electrons. The van der Waals surface area contributed by atoms with Crippen molar-refractivity contribution in [3.8, 4) is 0 Å². The van der Waals surface area contributed by atoms with Crippen molar-refractivity contribution in [2.24, 2.45) is 0 Å². The molecule has 0 saturated heterocycles. The monoisotopic (exact) mass is 445 g/mol. The number of sulfone groups is 1. The van der Waals surface area contributed by atoms with Crippen LogP contribution >= 0.6 is 22.7 Å². The van der Waals surface area contributed by atoms with E-state index >= 15 is 0 Å². The summed E-state index contributed by atoms with van der Waals surface area (Å²) in [7, 11) is -3.31. The number of carbonyl (C=O) groups excluding carboxylic acids is 1. The molecule has 0 saturated carbocycles. The lowest BCUT2D eigenvalue weighted by Crippen LogP contribution is -2.15. The van der Waals surface area contributed by atoms with E-state index in [9.17, 15) is 13.2 Å². The normalized spacial score (nSPS) is 12.1. The maximum atomic E-state index is 12.4. The van der Waals surface area contributed by atoms with Gasteiger partial charge in [-0.25, -0.2) is 18.4 Å². The lowest BCUT2D eigenvalue weighted by atomic mass is 10.1. The number of rotatable bonds is 5. The SMILES string of the molecule is Cc1nc2ccc3nc(NC(=O)Cc4ccc(S(=O)(=O)C(C)C)cc4)sc3c2s1. The first-order valence-corrected chi connectivity index (χ1v) is 12.2. The average Bonchev–Trinajstić information content (AvgIpc) is 3.23. The third-order valence-corrected chi connectivity index (χ3v) is 8.81. The second kappa shape index (κ2) is 7.47. The van der Waals surface area contributed by atoms with Crippen molar-refractivity contribution in [2.45, 2.75) is 37.3 Å². The van der Waals surface area contributed by atoms with Crippen LogP contribution in [0.5, 0.6) is 0 Å². The van der Waals surface area contributed by atoms with Crippen LogP contribution in [0.2, 0.25) is 0 Å². The van der Waals surface area contributed by atoms with Crippen LogP contribution in [0.3, 0.4) is 0 Å². The van der Waals surface area contributed by atoms with E-state index in [4.69, 9.17) is 0 Å². The van der Waals surface area contributed by atoms with E-state index in [1.165, 1.54) is 11.3 Å². The first-order valence-electron chi connectivity index (χ1n) is 9.03. The van der Waals surface area contributed by atoms with Gasteiger partial charge in [-0.2, -0.15) is 0 Å². The van der Waals surface area contributed by atoms with Crippen LogP contribution in [0.15, 0.2) is 41.3 Å². The van der Waals surface area contributed by atoms with Gasteiger partial charge in [-0.1, -0.05) is 23.5 Å². The maximum Gasteiger partial charge on any atom is 0.230 e. The highest BCUT2D eigenvalue weighted by Gasteiger charge is 2.19. The average molecular weight is 446 g/mol. The zero-order valence-corrected chi connectivity index (χ0v) is 18.5. The quantitative estimate of drug-likeness (QED) is 0.486. The highest BCUT2D eigenvalue weighted by molar-refractivity contribution is 7.92. The third kappa shape index (κ3) is 3.90. The van der Waals surface area contributed by atoms with Gasteiger partial charge in [0.1, 0.15) is 0 Å². The molecule has 2 heterocycles. The lowest BCUT2D eigenvalue weighted by Gasteiger charge is -2.08. The van der Waals surface area contributed by atoms with E-state index in [0.29, 0.717) is 5.13 Å². The Kier molecular flexibility index (Phi) is 5.14. The summed E-state index contributed by atoms with van der Waals surface area (Å²) >= 11 is 3.06. The van der Waals surface area contributed by atoms with Crippen LogP contribution in [0.25, 0.3) is 20.4 Å². The topological polar surface area (TPSA) is 89.0 Å². The molecule has 0 unspecified atom stereocenters. The summed E-state index contributed by atoms with van der Waals surface area (Å²) in [4.78, 5) is 21.7. The number of thiazole rings is 2. The highest BCUT2D eigenvalue weighted by atomic mass is 32.2. The van der Waals surface area contributed by atoms with Crippen LogP contribution in [0.4, 0.5) is 5.13 Å². The first-order chi connectivity index (χ1) is 13.7. The number of hydrogen-bond acceptors (Lipinski definition) is 7. The molecule has 1 N–H and O–H groups in total. The number of amides is 1. The van der Waals surface area contributed by atoms with Crippen LogP contribution in [0.1, 0.15) is 24.4 Å². The molecule has 0 atom stereocenters. The maximum absolute atomic E-state index is 12.4. The van der Waals surface area contributed by atoms with Crippen molar-refractivity contribution in [2.75, 3.05) is 5.32 Å². The van der Waals surface area contributed by atoms with Crippen molar-refractivity contribution in [3.63, 3.8) is 0 Å². The molecule has 6 nitrogen and oxygen atoms in total. The fourth-order valence-corrected chi connectivity index (χ4v) is 6.04. The van der Waals surface area contributed by atoms with E-state index < -0.39 is 15.1 Å². The second-order valence-electron chi connectivity index (χ2n) is 6.98. The van der Waals surface area contributed by atoms with Gasteiger partial charge in [0.05, 0.1) is 42.0 Å². The Morgan fingerprint density at radius 3 is 2.28 bits per heavy atom. The van der Waals surface area contributed by atoms with Gasteiger partial charge in [0.15, 0.2) is 15.0 Å². The molecule has 0 fully saturated rings. The summed E-state index contributed by atoms with van der Waals surface area (Å²) in [5.41, 5.74) is 2.52. The van der Waals surface area contributed by atoms with E-state index in [1.807, 2.05) is 19.1 Å². The van der Waals surface area contributed by atoms with Gasteiger partial charge in [0.25, 0.3) is 0 Å². The Hall–Kier alpha value is -2.36. The van der Waals surface area contributed by atoms with Crippen molar-refractivity contribution in [3.05, 3.63) is 47.0 Å². The molecular weight excluding hydrogens is 426 g/mol. The van der Waals surface area contributed by atoms with Crippen molar-refractivity contribution in [1.29, 1.82) is 0 Å². The van der Waals surface area contributed by atoms with Gasteiger partial charge >= 0.3 is 0 Å². The highest BCUT2D eigenvalue weighted by Crippen LogP contribution is 2.35. The standard InChI is InChI=1S/C20H19N3O3S3/c1-11(2)29(25,26)14-6-4-13(5-7-14)10-17(24)23-20-22-16-9-8-15-18(19(16)28-20)27-12(3)21-15/h4-9,11H,10H2,1-3H3,(H,22,23,24). The van der Waals surface area contributed by atoms with E-state index in [0.717, 1.165) is 31.0 Å². The Balaban J connectivity index is 1.50. The Morgan fingerprint density at radius 1 is 1.00 bits per heavy atom. The summed E-state index contributed by atoms with van der Waals surface area (Å²) in [6.45, 7) is 5.27. The molecule has 29 heavy (non-hydrogen) atoms. The number of anilines is 1. The molecule has 4 rings (SSSR count). The molecule has 4 aromatic rings. The summed E-state index contributed by atoms with van der Waals surface area (Å²) < 4.78 is 26.5. The minimum absolute atomic E-state index is 0.146. The molecule has 9 heteroatoms. The number of carbonyl (C=O) groups is 1. The van der Waals surface area contributed by atoms with Crippen LogP contribution < -0.4 is 5.32 Å². The smallest absolute Gasteiger partial charge is 0.230 e. The Bertz CT molecular complexity index is 1320. The summed E-state index contributed by atoms with van der Waals surface area (Å²) in [6.07, 6.45) is 0.146. The lowest BCUT2D eigenvalue weighted by molar-refractivity contribution is -0.115. The van der Waals surface area contributed by atoms with Gasteiger partial charge < -0.3 is 5.32 Å². The predicted molar refractivity (Wildman–Crippen MR) is 119 cm³/mol. The van der Waals surface area contributed by atoms with Crippen LogP contribution in [-0.2, 0) is 21.1 Å². The zero-order valence-electron chi connectivity index (χ0n) is 16.1. The minimum atomic E-state index is -3.31. The molecule has 0 spiro atoms. The molecule has 2 aromatic heterocycles. The summed E-state index contributed by atoms with van der Waals surface area (Å²) in [5.74, 6) is -0.194. The number of benzene rings is 2. The van der Waals surface area contributed by atoms with Crippen molar-refractivity contribution >= 4 is 64.0 Å². The molecule has 0 aliphatic heterocycles. The summed E-state index contributed by atoms with van der Waals surface area (Å²) in [5, 5.41) is 3.91. The number of fused-ring (bicyclic) bond motifs is 3. The van der Waals surface area contributed by atoms with E-state index in [1.54, 1.807) is 49.4 Å². The second-order valence-corrected chi connectivity index (χ2v) is 11.7. The molecule has 0 aliphatic rings. The van der Waals surface area contributed by atoms with Gasteiger partial charge in [-0.15, -0.1) is 11.3 Å². The number of nitrogens with zero attached hydrogens (tertiary/aromatic N) is 2. The number of aromatic nitrogens is 2. The van der Waals surface area contributed by atoms with Crippen molar-refractivity contribution < 1.29 is 13.2 Å². The molecule has 0 radical (unpaired) electrons. The molecule has 1 amide bonds. The molecule has 2 aromatic carbocycles. The van der Waals surface area contributed by atoms with Crippen molar-refractivity contribution in [1.82, 2.24) is 9.97 Å². The van der Waals surface area contributed by atoms with E-state index in [2.05, 4.69) is 15.3 Å². The molecular formula is C20H19N3O3S3. The van der Waals surface area contributed by atoms with Gasteiger partial charge in [0.2, 0.25) is 5.91 Å². The van der Waals surface area contributed by atoms with Gasteiger partial charge in [-0.3, -0.25) is 4.79 Å². The van der Waals surface area contributed by atoms with Gasteiger partial charge in [0, 0.05) is 0 Å².